The van der Waals surface area contributed by atoms with Gasteiger partial charge in [-0.25, -0.2) is 4.39 Å². The Morgan fingerprint density at radius 1 is 1.36 bits per heavy atom. The molecule has 0 fully saturated rings. The number of halogens is 3. The van der Waals surface area contributed by atoms with E-state index in [9.17, 15) is 4.39 Å². The number of ether oxygens (including phenoxy) is 1. The average Bonchev–Trinajstić information content (AvgIpc) is 2.18. The van der Waals surface area contributed by atoms with Crippen LogP contribution in [0.5, 0.6) is 5.75 Å². The molecule has 0 aliphatic carbocycles. The first-order valence-electron chi connectivity index (χ1n) is 4.31. The van der Waals surface area contributed by atoms with Gasteiger partial charge in [-0.3, -0.25) is 0 Å². The summed E-state index contributed by atoms with van der Waals surface area (Å²) >= 11 is 11.4. The standard InChI is InChI=1S/C10H11Cl2FO/c11-5-1-2-8-6-9(12)3-4-10(8)14-7-13/h3-4,6H,1-2,5,7H2. The summed E-state index contributed by atoms with van der Waals surface area (Å²) < 4.78 is 16.8. The van der Waals surface area contributed by atoms with Crippen LogP contribution in [0.25, 0.3) is 0 Å². The molecule has 0 aliphatic rings. The van der Waals surface area contributed by atoms with Gasteiger partial charge in [0.1, 0.15) is 5.75 Å². The SMILES string of the molecule is FCOc1ccc(Cl)cc1CCCCl. The first-order chi connectivity index (χ1) is 6.77. The van der Waals surface area contributed by atoms with Crippen LogP contribution in [0, 0.1) is 0 Å². The Kier molecular flexibility index (Phi) is 5.05. The lowest BCUT2D eigenvalue weighted by Gasteiger charge is -2.08. The van der Waals surface area contributed by atoms with Crippen LogP contribution in [0.15, 0.2) is 18.2 Å². The Morgan fingerprint density at radius 2 is 2.14 bits per heavy atom. The molecule has 0 amide bonds. The molecular weight excluding hydrogens is 226 g/mol. The molecule has 0 saturated heterocycles. The Hall–Kier alpha value is -0.470. The van der Waals surface area contributed by atoms with E-state index < -0.39 is 6.86 Å². The Morgan fingerprint density at radius 3 is 2.79 bits per heavy atom. The van der Waals surface area contributed by atoms with Crippen molar-refractivity contribution in [3.63, 3.8) is 0 Å². The van der Waals surface area contributed by atoms with E-state index in [1.807, 2.05) is 0 Å². The number of hydrogen-bond donors (Lipinski definition) is 0. The van der Waals surface area contributed by atoms with Gasteiger partial charge in [-0.05, 0) is 36.6 Å². The molecule has 4 heteroatoms. The monoisotopic (exact) mass is 236 g/mol. The number of benzene rings is 1. The van der Waals surface area contributed by atoms with Gasteiger partial charge in [0.05, 0.1) is 0 Å². The fourth-order valence-corrected chi connectivity index (χ4v) is 1.53. The number of aryl methyl sites for hydroxylation is 1. The van der Waals surface area contributed by atoms with Crippen molar-refractivity contribution >= 4 is 23.2 Å². The van der Waals surface area contributed by atoms with E-state index in [2.05, 4.69) is 0 Å². The van der Waals surface area contributed by atoms with E-state index in [4.69, 9.17) is 27.9 Å². The van der Waals surface area contributed by atoms with Crippen molar-refractivity contribution in [3.05, 3.63) is 28.8 Å². The number of hydrogen-bond acceptors (Lipinski definition) is 1. The fourth-order valence-electron chi connectivity index (χ4n) is 1.20. The molecule has 0 aromatic heterocycles. The second-order valence-corrected chi connectivity index (χ2v) is 3.61. The molecular formula is C10H11Cl2FO. The Bertz CT molecular complexity index is 291. The highest BCUT2D eigenvalue weighted by Gasteiger charge is 2.04. The minimum Gasteiger partial charge on any atom is -0.463 e. The van der Waals surface area contributed by atoms with E-state index in [0.29, 0.717) is 16.7 Å². The molecule has 14 heavy (non-hydrogen) atoms. The summed E-state index contributed by atoms with van der Waals surface area (Å²) in [5, 5.41) is 0.626. The second-order valence-electron chi connectivity index (χ2n) is 2.80. The topological polar surface area (TPSA) is 9.23 Å². The number of alkyl halides is 2. The zero-order valence-electron chi connectivity index (χ0n) is 7.60. The molecule has 0 atom stereocenters. The van der Waals surface area contributed by atoms with Crippen LogP contribution in [0.1, 0.15) is 12.0 Å². The van der Waals surface area contributed by atoms with E-state index in [-0.39, 0.29) is 0 Å². The third kappa shape index (κ3) is 3.35. The molecule has 0 spiro atoms. The Labute approximate surface area is 92.8 Å². The van der Waals surface area contributed by atoms with Crippen molar-refractivity contribution in [1.82, 2.24) is 0 Å². The summed E-state index contributed by atoms with van der Waals surface area (Å²) in [6.07, 6.45) is 1.57. The van der Waals surface area contributed by atoms with Crippen LogP contribution >= 0.6 is 23.2 Å². The number of rotatable bonds is 5. The van der Waals surface area contributed by atoms with Gasteiger partial charge in [0, 0.05) is 10.9 Å². The summed E-state index contributed by atoms with van der Waals surface area (Å²) in [7, 11) is 0. The van der Waals surface area contributed by atoms with Gasteiger partial charge in [-0.15, -0.1) is 11.6 Å². The third-order valence-corrected chi connectivity index (χ3v) is 2.31. The van der Waals surface area contributed by atoms with Crippen molar-refractivity contribution in [2.24, 2.45) is 0 Å². The molecule has 1 aromatic rings. The van der Waals surface area contributed by atoms with Gasteiger partial charge < -0.3 is 4.74 Å². The van der Waals surface area contributed by atoms with Gasteiger partial charge in [-0.1, -0.05) is 11.6 Å². The molecule has 1 rings (SSSR count). The van der Waals surface area contributed by atoms with Crippen molar-refractivity contribution in [2.75, 3.05) is 12.7 Å². The molecule has 0 unspecified atom stereocenters. The van der Waals surface area contributed by atoms with Crippen LogP contribution in [-0.2, 0) is 6.42 Å². The molecule has 0 aliphatic heterocycles. The molecule has 78 valence electrons. The maximum Gasteiger partial charge on any atom is 0.228 e. The summed E-state index contributed by atoms with van der Waals surface area (Å²) in [4.78, 5) is 0. The zero-order chi connectivity index (χ0) is 10.4. The lowest BCUT2D eigenvalue weighted by molar-refractivity contribution is 0.190. The van der Waals surface area contributed by atoms with E-state index in [0.717, 1.165) is 18.4 Å². The van der Waals surface area contributed by atoms with Gasteiger partial charge >= 0.3 is 0 Å². The summed E-state index contributed by atoms with van der Waals surface area (Å²) in [5.74, 6) is 1.11. The maximum absolute atomic E-state index is 12.0. The fraction of sp³-hybridized carbons (Fsp3) is 0.400. The first-order valence-corrected chi connectivity index (χ1v) is 5.22. The zero-order valence-corrected chi connectivity index (χ0v) is 9.11. The lowest BCUT2D eigenvalue weighted by atomic mass is 10.1. The van der Waals surface area contributed by atoms with Gasteiger partial charge in [-0.2, -0.15) is 0 Å². The molecule has 0 heterocycles. The van der Waals surface area contributed by atoms with E-state index >= 15 is 0 Å². The minimum atomic E-state index is -0.824. The molecule has 0 saturated carbocycles. The van der Waals surface area contributed by atoms with Crippen LogP contribution < -0.4 is 4.74 Å². The van der Waals surface area contributed by atoms with Crippen molar-refractivity contribution in [1.29, 1.82) is 0 Å². The molecule has 0 bridgehead atoms. The van der Waals surface area contributed by atoms with Crippen molar-refractivity contribution in [3.8, 4) is 5.75 Å². The highest BCUT2D eigenvalue weighted by atomic mass is 35.5. The largest absolute Gasteiger partial charge is 0.463 e. The minimum absolute atomic E-state index is 0.544. The third-order valence-electron chi connectivity index (χ3n) is 1.81. The van der Waals surface area contributed by atoms with Crippen molar-refractivity contribution < 1.29 is 9.13 Å². The first kappa shape index (κ1) is 11.6. The highest BCUT2D eigenvalue weighted by molar-refractivity contribution is 6.30. The van der Waals surface area contributed by atoms with Gasteiger partial charge in [0.2, 0.25) is 6.86 Å². The van der Waals surface area contributed by atoms with Crippen LogP contribution in [0.3, 0.4) is 0 Å². The van der Waals surface area contributed by atoms with Gasteiger partial charge in [0.15, 0.2) is 0 Å². The smallest absolute Gasteiger partial charge is 0.228 e. The Balaban J connectivity index is 2.79. The molecule has 0 radical (unpaired) electrons. The van der Waals surface area contributed by atoms with Crippen LogP contribution in [0.2, 0.25) is 5.02 Å². The normalized spacial score (nSPS) is 10.2. The lowest BCUT2D eigenvalue weighted by Crippen LogP contribution is -1.96. The van der Waals surface area contributed by atoms with Gasteiger partial charge in [0.25, 0.3) is 0 Å². The predicted octanol–water partition coefficient (Wildman–Crippen LogP) is 3.82. The molecule has 1 nitrogen and oxygen atoms in total. The average molecular weight is 237 g/mol. The molecule has 0 N–H and O–H groups in total. The second kappa shape index (κ2) is 6.10. The quantitative estimate of drug-likeness (QED) is 0.707. The van der Waals surface area contributed by atoms with E-state index in [1.165, 1.54) is 0 Å². The van der Waals surface area contributed by atoms with E-state index in [1.54, 1.807) is 18.2 Å². The van der Waals surface area contributed by atoms with Crippen LogP contribution in [-0.4, -0.2) is 12.7 Å². The maximum atomic E-state index is 12.0. The molecule has 1 aromatic carbocycles. The van der Waals surface area contributed by atoms with Crippen LogP contribution in [0.4, 0.5) is 4.39 Å². The summed E-state index contributed by atoms with van der Waals surface area (Å²) in [6, 6.07) is 5.13. The summed E-state index contributed by atoms with van der Waals surface area (Å²) in [6.45, 7) is -0.824. The highest BCUT2D eigenvalue weighted by Crippen LogP contribution is 2.24. The summed E-state index contributed by atoms with van der Waals surface area (Å²) in [5.41, 5.74) is 0.899. The predicted molar refractivity (Wildman–Crippen MR) is 57.1 cm³/mol. The van der Waals surface area contributed by atoms with Crippen molar-refractivity contribution in [2.45, 2.75) is 12.8 Å².